The molecule has 0 aliphatic carbocycles. The molecule has 1 amide bonds. The van der Waals surface area contributed by atoms with Crippen LogP contribution in [0.1, 0.15) is 37.8 Å². The van der Waals surface area contributed by atoms with Gasteiger partial charge in [0.15, 0.2) is 11.6 Å². The molecule has 1 fully saturated rings. The largest absolute Gasteiger partial charge is 0.481 e. The van der Waals surface area contributed by atoms with Crippen molar-refractivity contribution in [2.24, 2.45) is 5.92 Å². The van der Waals surface area contributed by atoms with E-state index in [0.717, 1.165) is 12.1 Å². The van der Waals surface area contributed by atoms with Gasteiger partial charge in [-0.3, -0.25) is 9.59 Å². The lowest BCUT2D eigenvalue weighted by atomic mass is 9.84. The summed E-state index contributed by atoms with van der Waals surface area (Å²) in [6.45, 7) is 2.27. The summed E-state index contributed by atoms with van der Waals surface area (Å²) < 4.78 is 26.5. The highest BCUT2D eigenvalue weighted by atomic mass is 19.2. The second-order valence-corrected chi connectivity index (χ2v) is 5.19. The Labute approximate surface area is 121 Å². The first kappa shape index (κ1) is 15.4. The summed E-state index contributed by atoms with van der Waals surface area (Å²) in [4.78, 5) is 25.0. The van der Waals surface area contributed by atoms with Gasteiger partial charge in [-0.05, 0) is 30.5 Å². The predicted octanol–water partition coefficient (Wildman–Crippen LogP) is 2.74. The van der Waals surface area contributed by atoms with E-state index in [1.807, 2.05) is 6.92 Å². The molecule has 0 aromatic heterocycles. The number of piperidine rings is 1. The van der Waals surface area contributed by atoms with Crippen LogP contribution in [0, 0.1) is 17.6 Å². The average molecular weight is 297 g/mol. The van der Waals surface area contributed by atoms with Gasteiger partial charge in [-0.1, -0.05) is 13.0 Å². The molecule has 1 aliphatic heterocycles. The third-order valence-electron chi connectivity index (χ3n) is 3.77. The number of likely N-dealkylation sites (tertiary alicyclic amines) is 1. The van der Waals surface area contributed by atoms with Crippen LogP contribution in [0.25, 0.3) is 0 Å². The second kappa shape index (κ2) is 6.20. The van der Waals surface area contributed by atoms with E-state index in [0.29, 0.717) is 18.5 Å². The molecule has 21 heavy (non-hydrogen) atoms. The molecule has 0 bridgehead atoms. The maximum absolute atomic E-state index is 13.4. The number of carboxylic acids is 1. The van der Waals surface area contributed by atoms with Gasteiger partial charge in [0.05, 0.1) is 12.0 Å². The molecule has 1 heterocycles. The van der Waals surface area contributed by atoms with Gasteiger partial charge in [0.2, 0.25) is 5.91 Å². The van der Waals surface area contributed by atoms with Gasteiger partial charge in [0.25, 0.3) is 0 Å². The Balaban J connectivity index is 2.45. The molecule has 2 rings (SSSR count). The SMILES string of the molecule is CCCN1C(=O)CCC(C(=O)O)C1c1ccc(F)c(F)c1. The highest BCUT2D eigenvalue weighted by molar-refractivity contribution is 5.81. The van der Waals surface area contributed by atoms with Gasteiger partial charge in [0, 0.05) is 13.0 Å². The van der Waals surface area contributed by atoms with E-state index in [1.54, 1.807) is 0 Å². The van der Waals surface area contributed by atoms with E-state index in [2.05, 4.69) is 0 Å². The van der Waals surface area contributed by atoms with Crippen LogP contribution in [0.4, 0.5) is 8.78 Å². The number of carboxylic acid groups (broad SMARTS) is 1. The summed E-state index contributed by atoms with van der Waals surface area (Å²) >= 11 is 0. The summed E-state index contributed by atoms with van der Waals surface area (Å²) in [5.74, 6) is -4.01. The number of amides is 1. The Morgan fingerprint density at radius 2 is 2.10 bits per heavy atom. The number of carbonyl (C=O) groups is 2. The monoisotopic (exact) mass is 297 g/mol. The number of hydrogen-bond donors (Lipinski definition) is 1. The summed E-state index contributed by atoms with van der Waals surface area (Å²) in [5, 5.41) is 9.36. The van der Waals surface area contributed by atoms with Crippen LogP contribution < -0.4 is 0 Å². The Hall–Kier alpha value is -1.98. The zero-order chi connectivity index (χ0) is 15.6. The number of aliphatic carboxylic acids is 1. The van der Waals surface area contributed by atoms with Crippen LogP contribution in [0.3, 0.4) is 0 Å². The second-order valence-electron chi connectivity index (χ2n) is 5.19. The van der Waals surface area contributed by atoms with Crippen LogP contribution in [0.5, 0.6) is 0 Å². The van der Waals surface area contributed by atoms with Crippen LogP contribution in [-0.2, 0) is 9.59 Å². The zero-order valence-corrected chi connectivity index (χ0v) is 11.7. The third kappa shape index (κ3) is 3.04. The topological polar surface area (TPSA) is 57.6 Å². The van der Waals surface area contributed by atoms with Gasteiger partial charge >= 0.3 is 5.97 Å². The molecule has 2 atom stereocenters. The van der Waals surface area contributed by atoms with Gasteiger partial charge in [0.1, 0.15) is 0 Å². The molecule has 1 saturated heterocycles. The van der Waals surface area contributed by atoms with Gasteiger partial charge in [-0.15, -0.1) is 0 Å². The fourth-order valence-corrected chi connectivity index (χ4v) is 2.82. The lowest BCUT2D eigenvalue weighted by Gasteiger charge is -2.39. The lowest BCUT2D eigenvalue weighted by molar-refractivity contribution is -0.152. The molecular weight excluding hydrogens is 280 g/mol. The summed E-state index contributed by atoms with van der Waals surface area (Å²) in [7, 11) is 0. The zero-order valence-electron chi connectivity index (χ0n) is 11.7. The first-order chi connectivity index (χ1) is 9.95. The fourth-order valence-electron chi connectivity index (χ4n) is 2.82. The molecule has 0 saturated carbocycles. The number of hydrogen-bond acceptors (Lipinski definition) is 2. The summed E-state index contributed by atoms with van der Waals surface area (Å²) in [6.07, 6.45) is 1.04. The van der Waals surface area contributed by atoms with E-state index in [9.17, 15) is 23.5 Å². The Morgan fingerprint density at radius 1 is 1.38 bits per heavy atom. The van der Waals surface area contributed by atoms with Crippen molar-refractivity contribution >= 4 is 11.9 Å². The van der Waals surface area contributed by atoms with E-state index < -0.39 is 29.6 Å². The van der Waals surface area contributed by atoms with Crippen LogP contribution in [0.2, 0.25) is 0 Å². The summed E-state index contributed by atoms with van der Waals surface area (Å²) in [5.41, 5.74) is 0.322. The minimum Gasteiger partial charge on any atom is -0.481 e. The maximum Gasteiger partial charge on any atom is 0.308 e. The summed E-state index contributed by atoms with van der Waals surface area (Å²) in [6, 6.07) is 2.54. The van der Waals surface area contributed by atoms with Crippen LogP contribution >= 0.6 is 0 Å². The van der Waals surface area contributed by atoms with Crippen LogP contribution in [-0.4, -0.2) is 28.4 Å². The van der Waals surface area contributed by atoms with E-state index in [1.165, 1.54) is 11.0 Å². The van der Waals surface area contributed by atoms with E-state index >= 15 is 0 Å². The van der Waals surface area contributed by atoms with Crippen molar-refractivity contribution in [3.63, 3.8) is 0 Å². The van der Waals surface area contributed by atoms with Crippen molar-refractivity contribution in [2.45, 2.75) is 32.2 Å². The number of rotatable bonds is 4. The minimum absolute atomic E-state index is 0.149. The Kier molecular flexibility index (Phi) is 4.55. The quantitative estimate of drug-likeness (QED) is 0.929. The molecule has 1 aromatic rings. The normalized spacial score (nSPS) is 22.4. The van der Waals surface area contributed by atoms with Crippen molar-refractivity contribution in [3.8, 4) is 0 Å². The average Bonchev–Trinajstić information content (AvgIpc) is 2.44. The Morgan fingerprint density at radius 3 is 2.67 bits per heavy atom. The highest BCUT2D eigenvalue weighted by Gasteiger charge is 2.40. The van der Waals surface area contributed by atoms with Gasteiger partial charge in [-0.2, -0.15) is 0 Å². The molecule has 6 heteroatoms. The highest BCUT2D eigenvalue weighted by Crippen LogP contribution is 2.37. The number of carbonyl (C=O) groups excluding carboxylic acids is 1. The van der Waals surface area contributed by atoms with Crippen LogP contribution in [0.15, 0.2) is 18.2 Å². The molecule has 0 spiro atoms. The number of halogens is 2. The van der Waals surface area contributed by atoms with Crippen molar-refractivity contribution < 1.29 is 23.5 Å². The van der Waals surface area contributed by atoms with E-state index in [4.69, 9.17) is 0 Å². The molecule has 2 unspecified atom stereocenters. The first-order valence-electron chi connectivity index (χ1n) is 6.93. The molecule has 114 valence electrons. The number of nitrogens with zero attached hydrogens (tertiary/aromatic N) is 1. The predicted molar refractivity (Wildman–Crippen MR) is 71.5 cm³/mol. The van der Waals surface area contributed by atoms with Crippen molar-refractivity contribution in [3.05, 3.63) is 35.4 Å². The van der Waals surface area contributed by atoms with Crippen molar-refractivity contribution in [2.75, 3.05) is 6.54 Å². The number of benzene rings is 1. The molecule has 1 aliphatic rings. The molecular formula is C15H17F2NO3. The minimum atomic E-state index is -1.04. The van der Waals surface area contributed by atoms with Gasteiger partial charge < -0.3 is 10.0 Å². The fraction of sp³-hybridized carbons (Fsp3) is 0.467. The third-order valence-corrected chi connectivity index (χ3v) is 3.77. The molecule has 1 N–H and O–H groups in total. The van der Waals surface area contributed by atoms with E-state index in [-0.39, 0.29) is 18.7 Å². The van der Waals surface area contributed by atoms with Crippen molar-refractivity contribution in [1.82, 2.24) is 4.90 Å². The maximum atomic E-state index is 13.4. The molecule has 4 nitrogen and oxygen atoms in total. The van der Waals surface area contributed by atoms with Crippen molar-refractivity contribution in [1.29, 1.82) is 0 Å². The lowest BCUT2D eigenvalue weighted by Crippen LogP contribution is -2.45. The standard InChI is InChI=1S/C15H17F2NO3/c1-2-7-18-13(19)6-4-10(15(20)21)14(18)9-3-5-11(16)12(17)8-9/h3,5,8,10,14H,2,4,6-7H2,1H3,(H,20,21). The Bertz CT molecular complexity index is 562. The van der Waals surface area contributed by atoms with Gasteiger partial charge in [-0.25, -0.2) is 8.78 Å². The molecule has 1 aromatic carbocycles. The molecule has 0 radical (unpaired) electrons. The smallest absolute Gasteiger partial charge is 0.308 e. The first-order valence-corrected chi connectivity index (χ1v) is 6.93.